The average Bonchev–Trinajstić information content (AvgIpc) is 3.33. The van der Waals surface area contributed by atoms with E-state index in [0.717, 1.165) is 24.5 Å². The first-order valence-electron chi connectivity index (χ1n) is 8.60. The van der Waals surface area contributed by atoms with Gasteiger partial charge in [0.1, 0.15) is 6.04 Å². The first-order chi connectivity index (χ1) is 13.3. The highest BCUT2D eigenvalue weighted by molar-refractivity contribution is 7.17. The highest BCUT2D eigenvalue weighted by atomic mass is 32.1. The zero-order valence-electron chi connectivity index (χ0n) is 15.6. The number of amides is 2. The number of carbonyl (C=O) groups excluding carboxylic acids is 2. The van der Waals surface area contributed by atoms with Crippen LogP contribution in [0.3, 0.4) is 0 Å². The van der Waals surface area contributed by atoms with Crippen molar-refractivity contribution in [3.05, 3.63) is 40.5 Å². The Bertz CT molecular complexity index is 929. The number of ether oxygens (including phenoxy) is 1. The Morgan fingerprint density at radius 2 is 1.93 bits per heavy atom. The molecule has 150 valence electrons. The number of hydrogen-bond donors (Lipinski definition) is 0. The van der Waals surface area contributed by atoms with Crippen LogP contribution in [0.15, 0.2) is 18.2 Å². The van der Waals surface area contributed by atoms with Gasteiger partial charge in [0.2, 0.25) is 11.7 Å². The Labute approximate surface area is 164 Å². The average molecular weight is 412 g/mol. The summed E-state index contributed by atoms with van der Waals surface area (Å²) >= 11 is 0.950. The van der Waals surface area contributed by atoms with Crippen molar-refractivity contribution in [2.24, 2.45) is 0 Å². The number of carbonyl (C=O) groups is 2. The van der Waals surface area contributed by atoms with E-state index in [4.69, 9.17) is 0 Å². The van der Waals surface area contributed by atoms with E-state index in [2.05, 4.69) is 4.74 Å². The van der Waals surface area contributed by atoms with E-state index in [1.165, 1.54) is 21.9 Å². The first kappa shape index (κ1) is 20.2. The maximum absolute atomic E-state index is 14.5. The van der Waals surface area contributed by atoms with Gasteiger partial charge in [0.05, 0.1) is 12.0 Å². The number of likely N-dealkylation sites (tertiary alicyclic amines) is 1. The van der Waals surface area contributed by atoms with Gasteiger partial charge in [-0.1, -0.05) is 0 Å². The normalized spacial score (nSPS) is 16.4. The quantitative estimate of drug-likeness (QED) is 0.722. The largest absolute Gasteiger partial charge is 0.491 e. The number of methoxy groups -OCH3 is 1. The summed E-state index contributed by atoms with van der Waals surface area (Å²) in [6.07, 6.45) is 1.29. The number of thiophene rings is 1. The van der Waals surface area contributed by atoms with Crippen molar-refractivity contribution in [2.75, 3.05) is 27.7 Å². The number of hydrogen-bond acceptors (Lipinski definition) is 4. The van der Waals surface area contributed by atoms with E-state index >= 15 is 0 Å². The molecule has 1 atom stereocenters. The van der Waals surface area contributed by atoms with Gasteiger partial charge < -0.3 is 14.5 Å². The monoisotopic (exact) mass is 412 g/mol. The smallest absolute Gasteiger partial charge is 0.264 e. The molecule has 1 aromatic carbocycles. The molecule has 0 aliphatic carbocycles. The summed E-state index contributed by atoms with van der Waals surface area (Å²) in [5, 5.41) is 0. The fraction of sp³-hybridized carbons (Fsp3) is 0.368. The number of benzene rings is 1. The van der Waals surface area contributed by atoms with Crippen LogP contribution in [-0.2, 0) is 4.79 Å². The summed E-state index contributed by atoms with van der Waals surface area (Å²) in [6, 6.07) is 3.16. The van der Waals surface area contributed by atoms with Crippen LogP contribution in [-0.4, -0.2) is 55.4 Å². The van der Waals surface area contributed by atoms with E-state index < -0.39 is 29.2 Å². The molecular formula is C19H19F3N2O3S. The zero-order valence-corrected chi connectivity index (χ0v) is 16.4. The minimum Gasteiger partial charge on any atom is -0.491 e. The summed E-state index contributed by atoms with van der Waals surface area (Å²) in [7, 11) is 4.31. The van der Waals surface area contributed by atoms with Gasteiger partial charge in [-0.05, 0) is 31.0 Å². The molecule has 5 nitrogen and oxygen atoms in total. The van der Waals surface area contributed by atoms with E-state index in [1.54, 1.807) is 14.1 Å². The molecule has 2 amide bonds. The van der Waals surface area contributed by atoms with Gasteiger partial charge in [-0.25, -0.2) is 8.78 Å². The molecule has 0 bridgehead atoms. The fourth-order valence-corrected chi connectivity index (χ4v) is 4.21. The van der Waals surface area contributed by atoms with E-state index in [1.807, 2.05) is 0 Å². The molecule has 2 aromatic rings. The second-order valence-corrected chi connectivity index (χ2v) is 7.70. The molecule has 1 aliphatic rings. The van der Waals surface area contributed by atoms with Crippen LogP contribution in [0, 0.1) is 17.5 Å². The van der Waals surface area contributed by atoms with Gasteiger partial charge in [0.25, 0.3) is 5.91 Å². The molecule has 2 heterocycles. The van der Waals surface area contributed by atoms with Gasteiger partial charge in [-0.15, -0.1) is 11.3 Å². The minimum atomic E-state index is -1.40. The molecule has 0 saturated carbocycles. The van der Waals surface area contributed by atoms with Gasteiger partial charge in [0, 0.05) is 31.1 Å². The molecule has 0 N–H and O–H groups in total. The lowest BCUT2D eigenvalue weighted by Crippen LogP contribution is -2.45. The predicted molar refractivity (Wildman–Crippen MR) is 98.9 cm³/mol. The lowest BCUT2D eigenvalue weighted by Gasteiger charge is -2.25. The van der Waals surface area contributed by atoms with E-state index in [-0.39, 0.29) is 27.1 Å². The van der Waals surface area contributed by atoms with Gasteiger partial charge in [-0.2, -0.15) is 4.39 Å². The number of halogens is 3. The molecule has 1 saturated heterocycles. The number of likely N-dealkylation sites (N-methyl/N-ethyl adjacent to an activating group) is 1. The van der Waals surface area contributed by atoms with E-state index in [0.29, 0.717) is 19.4 Å². The zero-order chi connectivity index (χ0) is 20.6. The minimum absolute atomic E-state index is 0.154. The Kier molecular flexibility index (Phi) is 5.64. The summed E-state index contributed by atoms with van der Waals surface area (Å²) in [5.74, 6) is -5.00. The van der Waals surface area contributed by atoms with Crippen molar-refractivity contribution in [3.63, 3.8) is 0 Å². The van der Waals surface area contributed by atoms with Crippen molar-refractivity contribution in [3.8, 4) is 16.2 Å². The summed E-state index contributed by atoms with van der Waals surface area (Å²) in [4.78, 5) is 28.7. The molecule has 1 aromatic heterocycles. The van der Waals surface area contributed by atoms with Crippen molar-refractivity contribution < 1.29 is 27.5 Å². The topological polar surface area (TPSA) is 49.9 Å². The molecule has 0 spiro atoms. The molecule has 1 unspecified atom stereocenters. The Hall–Kier alpha value is -2.55. The Morgan fingerprint density at radius 3 is 2.57 bits per heavy atom. The van der Waals surface area contributed by atoms with Gasteiger partial charge in [0.15, 0.2) is 17.4 Å². The Morgan fingerprint density at radius 1 is 1.21 bits per heavy atom. The van der Waals surface area contributed by atoms with Crippen LogP contribution < -0.4 is 4.74 Å². The lowest BCUT2D eigenvalue weighted by molar-refractivity contribution is -0.132. The second-order valence-electron chi connectivity index (χ2n) is 6.62. The molecule has 0 radical (unpaired) electrons. The first-order valence-corrected chi connectivity index (χ1v) is 9.41. The maximum atomic E-state index is 14.5. The van der Waals surface area contributed by atoms with Crippen LogP contribution in [0.5, 0.6) is 5.75 Å². The Balaban J connectivity index is 1.92. The molecule has 1 aliphatic heterocycles. The van der Waals surface area contributed by atoms with Crippen LogP contribution in [0.25, 0.3) is 10.4 Å². The van der Waals surface area contributed by atoms with E-state index in [9.17, 15) is 22.8 Å². The molecule has 28 heavy (non-hydrogen) atoms. The highest BCUT2D eigenvalue weighted by Crippen LogP contribution is 2.37. The molecule has 1 fully saturated rings. The SMILES string of the molecule is COc1c(F)c(F)cc(-c2ccc(C(=O)N3CCCC3C(=O)N(C)C)s2)c1F. The maximum Gasteiger partial charge on any atom is 0.264 e. The number of nitrogens with zero attached hydrogens (tertiary/aromatic N) is 2. The van der Waals surface area contributed by atoms with Crippen molar-refractivity contribution in [1.82, 2.24) is 9.80 Å². The third-order valence-electron chi connectivity index (χ3n) is 4.64. The van der Waals surface area contributed by atoms with Crippen LogP contribution in [0.2, 0.25) is 0 Å². The summed E-state index contributed by atoms with van der Waals surface area (Å²) < 4.78 is 46.5. The second kappa shape index (κ2) is 7.83. The number of rotatable bonds is 4. The summed E-state index contributed by atoms with van der Waals surface area (Å²) in [6.45, 7) is 0.448. The van der Waals surface area contributed by atoms with Crippen molar-refractivity contribution in [2.45, 2.75) is 18.9 Å². The van der Waals surface area contributed by atoms with Crippen LogP contribution >= 0.6 is 11.3 Å². The fourth-order valence-electron chi connectivity index (χ4n) is 3.24. The third-order valence-corrected chi connectivity index (χ3v) is 5.75. The van der Waals surface area contributed by atoms with Crippen molar-refractivity contribution >= 4 is 23.2 Å². The predicted octanol–water partition coefficient (Wildman–Crippen LogP) is 3.53. The van der Waals surface area contributed by atoms with Crippen LogP contribution in [0.1, 0.15) is 22.5 Å². The van der Waals surface area contributed by atoms with Gasteiger partial charge >= 0.3 is 0 Å². The molecule has 9 heteroatoms. The van der Waals surface area contributed by atoms with Gasteiger partial charge in [-0.3, -0.25) is 9.59 Å². The highest BCUT2D eigenvalue weighted by Gasteiger charge is 2.36. The summed E-state index contributed by atoms with van der Waals surface area (Å²) in [5.41, 5.74) is -0.192. The molecular weight excluding hydrogens is 393 g/mol. The third kappa shape index (κ3) is 3.46. The molecule has 3 rings (SSSR count). The standard InChI is InChI=1S/C19H19F3N2O3S/c1-23(2)18(25)12-5-4-8-24(12)19(26)14-7-6-13(28-14)10-9-11(20)16(22)17(27-3)15(10)21/h6-7,9,12H,4-5,8H2,1-3H3. The lowest BCUT2D eigenvalue weighted by atomic mass is 10.1. The van der Waals surface area contributed by atoms with Crippen molar-refractivity contribution in [1.29, 1.82) is 0 Å². The van der Waals surface area contributed by atoms with Crippen LogP contribution in [0.4, 0.5) is 13.2 Å².